The molecule has 0 bridgehead atoms. The Morgan fingerprint density at radius 3 is 2.95 bits per heavy atom. The smallest absolute Gasteiger partial charge is 0.410 e. The summed E-state index contributed by atoms with van der Waals surface area (Å²) >= 11 is 0. The van der Waals surface area contributed by atoms with E-state index in [2.05, 4.69) is 6.92 Å². The van der Waals surface area contributed by atoms with Crippen LogP contribution in [-0.2, 0) is 11.3 Å². The molecule has 21 heavy (non-hydrogen) atoms. The molecule has 1 amide bonds. The number of cyclic esters (lactones) is 1. The molecule has 1 aliphatic heterocycles. The Kier molecular flexibility index (Phi) is 5.90. The van der Waals surface area contributed by atoms with E-state index in [1.807, 2.05) is 24.3 Å². The Hall–Kier alpha value is -1.71. The summed E-state index contributed by atoms with van der Waals surface area (Å²) in [6.45, 7) is 3.48. The van der Waals surface area contributed by atoms with Crippen molar-refractivity contribution < 1.29 is 14.3 Å². The van der Waals surface area contributed by atoms with Gasteiger partial charge in [0.05, 0.1) is 13.7 Å². The summed E-state index contributed by atoms with van der Waals surface area (Å²) in [5.74, 6) is 0.816. The number of carbonyl (C=O) groups excluding carboxylic acids is 1. The maximum absolute atomic E-state index is 11.9. The number of amides is 1. The Morgan fingerprint density at radius 2 is 2.19 bits per heavy atom. The van der Waals surface area contributed by atoms with Gasteiger partial charge in [0, 0.05) is 6.54 Å². The van der Waals surface area contributed by atoms with Gasteiger partial charge >= 0.3 is 6.09 Å². The third-order valence-corrected chi connectivity index (χ3v) is 3.84. The number of rotatable bonds is 8. The van der Waals surface area contributed by atoms with Crippen molar-refractivity contribution in [1.82, 2.24) is 4.90 Å². The Labute approximate surface area is 127 Å². The molecule has 1 atom stereocenters. The Morgan fingerprint density at radius 1 is 1.33 bits per heavy atom. The summed E-state index contributed by atoms with van der Waals surface area (Å²) < 4.78 is 10.6. The van der Waals surface area contributed by atoms with Crippen molar-refractivity contribution in [2.75, 3.05) is 13.7 Å². The molecule has 0 aromatic heterocycles. The number of hydrogen-bond acceptors (Lipinski definition) is 3. The van der Waals surface area contributed by atoms with Gasteiger partial charge in [-0.05, 0) is 30.5 Å². The third kappa shape index (κ3) is 4.66. The lowest BCUT2D eigenvalue weighted by Crippen LogP contribution is -2.24. The van der Waals surface area contributed by atoms with Crippen LogP contribution in [0.2, 0.25) is 0 Å². The van der Waals surface area contributed by atoms with Crippen molar-refractivity contribution in [3.05, 3.63) is 29.8 Å². The topological polar surface area (TPSA) is 38.8 Å². The maximum atomic E-state index is 11.9. The zero-order valence-corrected chi connectivity index (χ0v) is 13.0. The molecule has 0 radical (unpaired) electrons. The first-order valence-corrected chi connectivity index (χ1v) is 7.81. The summed E-state index contributed by atoms with van der Waals surface area (Å²) in [6.07, 6.45) is 5.68. The summed E-state index contributed by atoms with van der Waals surface area (Å²) in [6, 6.07) is 7.81. The molecule has 116 valence electrons. The van der Waals surface area contributed by atoms with Crippen LogP contribution in [0.5, 0.6) is 5.75 Å². The van der Waals surface area contributed by atoms with E-state index >= 15 is 0 Å². The summed E-state index contributed by atoms with van der Waals surface area (Å²) in [4.78, 5) is 13.7. The minimum atomic E-state index is -0.196. The lowest BCUT2D eigenvalue weighted by Gasteiger charge is -2.13. The van der Waals surface area contributed by atoms with Crippen molar-refractivity contribution >= 4 is 6.09 Å². The highest BCUT2D eigenvalue weighted by atomic mass is 16.6. The molecule has 1 heterocycles. The molecule has 0 saturated carbocycles. The summed E-state index contributed by atoms with van der Waals surface area (Å²) in [5.41, 5.74) is 1.07. The van der Waals surface area contributed by atoms with Crippen molar-refractivity contribution in [2.24, 2.45) is 0 Å². The van der Waals surface area contributed by atoms with Crippen molar-refractivity contribution in [3.8, 4) is 5.75 Å². The Balaban J connectivity index is 1.82. The molecular formula is C17H25NO3. The molecule has 4 nitrogen and oxygen atoms in total. The summed E-state index contributed by atoms with van der Waals surface area (Å²) in [5, 5.41) is 0. The molecule has 4 heteroatoms. The fourth-order valence-corrected chi connectivity index (χ4v) is 2.64. The average Bonchev–Trinajstić information content (AvgIpc) is 2.84. The number of methoxy groups -OCH3 is 1. The standard InChI is InChI=1S/C17H25NO3/c1-3-4-5-6-9-16-13-18(17(19)21-16)12-14-8-7-10-15(11-14)20-2/h7-8,10-11,16H,3-6,9,12-13H2,1-2H3. The van der Waals surface area contributed by atoms with Crippen LogP contribution in [0, 0.1) is 0 Å². The first kappa shape index (κ1) is 15.7. The van der Waals surface area contributed by atoms with Gasteiger partial charge in [0.2, 0.25) is 0 Å². The van der Waals surface area contributed by atoms with Crippen molar-refractivity contribution in [1.29, 1.82) is 0 Å². The van der Waals surface area contributed by atoms with Crippen LogP contribution in [0.4, 0.5) is 4.79 Å². The maximum Gasteiger partial charge on any atom is 0.410 e. The van der Waals surface area contributed by atoms with Gasteiger partial charge in [-0.25, -0.2) is 4.79 Å². The van der Waals surface area contributed by atoms with Crippen LogP contribution in [0.15, 0.2) is 24.3 Å². The van der Waals surface area contributed by atoms with Gasteiger partial charge < -0.3 is 14.4 Å². The molecule has 0 spiro atoms. The van der Waals surface area contributed by atoms with Crippen molar-refractivity contribution in [3.63, 3.8) is 0 Å². The van der Waals surface area contributed by atoms with E-state index in [0.29, 0.717) is 13.1 Å². The van der Waals surface area contributed by atoms with Gasteiger partial charge in [-0.15, -0.1) is 0 Å². The SMILES string of the molecule is CCCCCCC1CN(Cc2cccc(OC)c2)C(=O)O1. The van der Waals surface area contributed by atoms with Gasteiger partial charge in [-0.3, -0.25) is 0 Å². The van der Waals surface area contributed by atoms with Gasteiger partial charge in [-0.2, -0.15) is 0 Å². The quantitative estimate of drug-likeness (QED) is 0.680. The number of ether oxygens (including phenoxy) is 2. The number of carbonyl (C=O) groups is 1. The zero-order valence-electron chi connectivity index (χ0n) is 13.0. The van der Waals surface area contributed by atoms with Gasteiger partial charge in [0.15, 0.2) is 0 Å². The lowest BCUT2D eigenvalue weighted by molar-refractivity contribution is 0.127. The molecule has 0 aliphatic carbocycles. The van der Waals surface area contributed by atoms with E-state index in [4.69, 9.17) is 9.47 Å². The minimum Gasteiger partial charge on any atom is -0.497 e. The highest BCUT2D eigenvalue weighted by molar-refractivity contribution is 5.69. The second-order valence-electron chi connectivity index (χ2n) is 5.59. The molecular weight excluding hydrogens is 266 g/mol. The van der Waals surface area contributed by atoms with Crippen LogP contribution in [-0.4, -0.2) is 30.8 Å². The second kappa shape index (κ2) is 7.91. The Bertz CT molecular complexity index is 461. The van der Waals surface area contributed by atoms with Crippen LogP contribution < -0.4 is 4.74 Å². The van der Waals surface area contributed by atoms with Crippen LogP contribution in [0.3, 0.4) is 0 Å². The predicted molar refractivity (Wildman–Crippen MR) is 82.4 cm³/mol. The third-order valence-electron chi connectivity index (χ3n) is 3.84. The first-order chi connectivity index (χ1) is 10.2. The van der Waals surface area contributed by atoms with Gasteiger partial charge in [0.1, 0.15) is 11.9 Å². The molecule has 1 aromatic rings. The monoisotopic (exact) mass is 291 g/mol. The zero-order chi connectivity index (χ0) is 15.1. The molecule has 0 N–H and O–H groups in total. The lowest BCUT2D eigenvalue weighted by atomic mass is 10.1. The van der Waals surface area contributed by atoms with Gasteiger partial charge in [-0.1, -0.05) is 38.3 Å². The van der Waals surface area contributed by atoms with E-state index in [0.717, 1.165) is 24.2 Å². The second-order valence-corrected chi connectivity index (χ2v) is 5.59. The number of nitrogens with zero attached hydrogens (tertiary/aromatic N) is 1. The highest BCUT2D eigenvalue weighted by Crippen LogP contribution is 2.21. The highest BCUT2D eigenvalue weighted by Gasteiger charge is 2.30. The van der Waals surface area contributed by atoms with E-state index < -0.39 is 0 Å². The number of hydrogen-bond donors (Lipinski definition) is 0. The first-order valence-electron chi connectivity index (χ1n) is 7.81. The number of benzene rings is 1. The predicted octanol–water partition coefficient (Wildman–Crippen LogP) is 3.99. The van der Waals surface area contributed by atoms with Crippen LogP contribution in [0.25, 0.3) is 0 Å². The molecule has 1 fully saturated rings. The largest absolute Gasteiger partial charge is 0.497 e. The minimum absolute atomic E-state index is 0.0555. The van der Waals surface area contributed by atoms with Crippen LogP contribution in [0.1, 0.15) is 44.6 Å². The van der Waals surface area contributed by atoms with E-state index in [1.54, 1.807) is 12.0 Å². The molecule has 1 aromatic carbocycles. The average molecular weight is 291 g/mol. The van der Waals surface area contributed by atoms with E-state index in [9.17, 15) is 4.79 Å². The summed E-state index contributed by atoms with van der Waals surface area (Å²) in [7, 11) is 1.65. The molecule has 2 rings (SSSR count). The molecule has 1 unspecified atom stereocenters. The van der Waals surface area contributed by atoms with Gasteiger partial charge in [0.25, 0.3) is 0 Å². The number of unbranched alkanes of at least 4 members (excludes halogenated alkanes) is 3. The molecule has 1 aliphatic rings. The fraction of sp³-hybridized carbons (Fsp3) is 0.588. The normalized spacial score (nSPS) is 17.9. The van der Waals surface area contributed by atoms with Crippen LogP contribution >= 0.6 is 0 Å². The van der Waals surface area contributed by atoms with Crippen molar-refractivity contribution in [2.45, 2.75) is 51.7 Å². The fourth-order valence-electron chi connectivity index (χ4n) is 2.64. The molecule has 1 saturated heterocycles. The van der Waals surface area contributed by atoms with E-state index in [-0.39, 0.29) is 12.2 Å². The van der Waals surface area contributed by atoms with E-state index in [1.165, 1.54) is 19.3 Å².